The lowest BCUT2D eigenvalue weighted by Gasteiger charge is -2.31. The number of para-hydroxylation sites is 1. The second-order valence-corrected chi connectivity index (χ2v) is 8.80. The normalized spacial score (nSPS) is 13.1. The number of amides is 1. The predicted octanol–water partition coefficient (Wildman–Crippen LogP) is 6.47. The maximum absolute atomic E-state index is 12.6. The maximum atomic E-state index is 12.6. The van der Waals surface area contributed by atoms with E-state index in [1.54, 1.807) is 6.92 Å². The van der Waals surface area contributed by atoms with Gasteiger partial charge in [-0.2, -0.15) is 0 Å². The van der Waals surface area contributed by atoms with E-state index in [2.05, 4.69) is 59.0 Å². The van der Waals surface area contributed by atoms with Crippen molar-refractivity contribution in [3.05, 3.63) is 59.7 Å². The number of hydrogen-bond donors (Lipinski definition) is 1. The summed E-state index contributed by atoms with van der Waals surface area (Å²) < 4.78 is 6.16. The summed E-state index contributed by atoms with van der Waals surface area (Å²) in [4.78, 5) is 12.6. The number of carbonyl (C=O) groups is 1. The Morgan fingerprint density at radius 1 is 0.964 bits per heavy atom. The van der Waals surface area contributed by atoms with Gasteiger partial charge in [0.05, 0.1) is 0 Å². The van der Waals surface area contributed by atoms with Crippen molar-refractivity contribution in [2.45, 2.75) is 78.2 Å². The molecule has 0 aromatic heterocycles. The molecule has 0 aliphatic rings. The first-order chi connectivity index (χ1) is 13.1. The summed E-state index contributed by atoms with van der Waals surface area (Å²) in [6.07, 6.45) is 1.47. The van der Waals surface area contributed by atoms with Crippen molar-refractivity contribution in [2.75, 3.05) is 5.32 Å². The van der Waals surface area contributed by atoms with Gasteiger partial charge in [0.2, 0.25) is 0 Å². The number of rotatable bonds is 8. The van der Waals surface area contributed by atoms with Gasteiger partial charge in [0, 0.05) is 11.3 Å². The summed E-state index contributed by atoms with van der Waals surface area (Å²) in [6, 6.07) is 15.9. The van der Waals surface area contributed by atoms with Gasteiger partial charge < -0.3 is 10.1 Å². The van der Waals surface area contributed by atoms with Crippen molar-refractivity contribution in [2.24, 2.45) is 0 Å². The number of benzene rings is 2. The smallest absolute Gasteiger partial charge is 0.265 e. The van der Waals surface area contributed by atoms with Crippen LogP contribution in [0.15, 0.2) is 48.5 Å². The van der Waals surface area contributed by atoms with Gasteiger partial charge in [0.15, 0.2) is 6.10 Å². The third-order valence-electron chi connectivity index (χ3n) is 5.97. The maximum Gasteiger partial charge on any atom is 0.265 e. The zero-order valence-corrected chi connectivity index (χ0v) is 18.4. The lowest BCUT2D eigenvalue weighted by atomic mass is 9.76. The Morgan fingerprint density at radius 2 is 1.57 bits per heavy atom. The minimum absolute atomic E-state index is 0.0369. The van der Waals surface area contributed by atoms with Gasteiger partial charge in [0.25, 0.3) is 5.91 Å². The Kier molecular flexibility index (Phi) is 6.92. The Hall–Kier alpha value is -2.29. The molecule has 28 heavy (non-hydrogen) atoms. The highest BCUT2D eigenvalue weighted by atomic mass is 16.5. The summed E-state index contributed by atoms with van der Waals surface area (Å²) in [6.45, 7) is 15.2. The van der Waals surface area contributed by atoms with Gasteiger partial charge in [-0.15, -0.1) is 0 Å². The van der Waals surface area contributed by atoms with Crippen LogP contribution in [0.25, 0.3) is 0 Å². The Morgan fingerprint density at radius 3 is 2.14 bits per heavy atom. The van der Waals surface area contributed by atoms with Crippen LogP contribution in [0, 0.1) is 0 Å². The van der Waals surface area contributed by atoms with Crippen molar-refractivity contribution < 1.29 is 9.53 Å². The van der Waals surface area contributed by atoms with Gasteiger partial charge >= 0.3 is 0 Å². The fourth-order valence-electron chi connectivity index (χ4n) is 2.99. The molecule has 2 aromatic rings. The van der Waals surface area contributed by atoms with Gasteiger partial charge in [-0.3, -0.25) is 4.79 Å². The van der Waals surface area contributed by atoms with Crippen LogP contribution in [-0.4, -0.2) is 12.0 Å². The molecule has 0 saturated carbocycles. The molecule has 152 valence electrons. The SMILES string of the molecule is CCC(C)(C)c1ccc(OC(C)C(=O)Nc2ccccc2)c(C(C)(C)CC)c1. The monoisotopic (exact) mass is 381 g/mol. The van der Waals surface area contributed by atoms with Gasteiger partial charge in [-0.1, -0.05) is 71.9 Å². The first kappa shape index (κ1) is 22.0. The zero-order valence-electron chi connectivity index (χ0n) is 18.4. The molecular weight excluding hydrogens is 346 g/mol. The molecule has 0 saturated heterocycles. The number of carbonyl (C=O) groups excluding carboxylic acids is 1. The topological polar surface area (TPSA) is 38.3 Å². The van der Waals surface area contributed by atoms with Crippen molar-refractivity contribution in [1.29, 1.82) is 0 Å². The third kappa shape index (κ3) is 5.15. The fraction of sp³-hybridized carbons (Fsp3) is 0.480. The van der Waals surface area contributed by atoms with Gasteiger partial charge in [-0.25, -0.2) is 0 Å². The van der Waals surface area contributed by atoms with Crippen molar-refractivity contribution in [3.63, 3.8) is 0 Å². The van der Waals surface area contributed by atoms with E-state index in [4.69, 9.17) is 4.74 Å². The summed E-state index contributed by atoms with van der Waals surface area (Å²) in [5.41, 5.74) is 3.31. The van der Waals surface area contributed by atoms with Crippen molar-refractivity contribution >= 4 is 11.6 Å². The molecule has 0 heterocycles. The van der Waals surface area contributed by atoms with Crippen LogP contribution in [0.4, 0.5) is 5.69 Å². The molecule has 0 radical (unpaired) electrons. The minimum atomic E-state index is -0.586. The highest BCUT2D eigenvalue weighted by molar-refractivity contribution is 5.94. The van der Waals surface area contributed by atoms with Crippen LogP contribution in [-0.2, 0) is 15.6 Å². The van der Waals surface area contributed by atoms with E-state index in [1.807, 2.05) is 36.4 Å². The van der Waals surface area contributed by atoms with E-state index in [-0.39, 0.29) is 16.7 Å². The predicted molar refractivity (Wildman–Crippen MR) is 118 cm³/mol. The van der Waals surface area contributed by atoms with Crippen LogP contribution < -0.4 is 10.1 Å². The lowest BCUT2D eigenvalue weighted by molar-refractivity contribution is -0.122. The molecule has 1 atom stereocenters. The lowest BCUT2D eigenvalue weighted by Crippen LogP contribution is -2.31. The van der Waals surface area contributed by atoms with Crippen LogP contribution in [0.2, 0.25) is 0 Å². The third-order valence-corrected chi connectivity index (χ3v) is 5.97. The molecule has 0 fully saturated rings. The molecule has 2 aromatic carbocycles. The first-order valence-corrected chi connectivity index (χ1v) is 10.3. The average Bonchev–Trinajstić information content (AvgIpc) is 2.68. The van der Waals surface area contributed by atoms with Crippen molar-refractivity contribution in [1.82, 2.24) is 0 Å². The van der Waals surface area contributed by atoms with Crippen LogP contribution >= 0.6 is 0 Å². The zero-order chi connectivity index (χ0) is 20.9. The van der Waals surface area contributed by atoms with E-state index >= 15 is 0 Å². The first-order valence-electron chi connectivity index (χ1n) is 10.3. The van der Waals surface area contributed by atoms with E-state index in [9.17, 15) is 4.79 Å². The van der Waals surface area contributed by atoms with E-state index in [0.717, 1.165) is 29.8 Å². The summed E-state index contributed by atoms with van der Waals surface area (Å²) >= 11 is 0. The number of anilines is 1. The van der Waals surface area contributed by atoms with Crippen LogP contribution in [0.5, 0.6) is 5.75 Å². The van der Waals surface area contributed by atoms with E-state index < -0.39 is 6.10 Å². The van der Waals surface area contributed by atoms with Crippen LogP contribution in [0.3, 0.4) is 0 Å². The molecule has 0 aliphatic heterocycles. The molecule has 1 N–H and O–H groups in total. The molecule has 1 amide bonds. The molecular formula is C25H35NO2. The Balaban J connectivity index is 2.29. The fourth-order valence-corrected chi connectivity index (χ4v) is 2.99. The average molecular weight is 382 g/mol. The van der Waals surface area contributed by atoms with Gasteiger partial charge in [-0.05, 0) is 54.4 Å². The Bertz CT molecular complexity index is 793. The number of nitrogens with one attached hydrogen (secondary N) is 1. The number of ether oxygens (including phenoxy) is 1. The number of hydrogen-bond acceptors (Lipinski definition) is 2. The van der Waals surface area contributed by atoms with E-state index in [1.165, 1.54) is 5.56 Å². The van der Waals surface area contributed by atoms with Gasteiger partial charge in [0.1, 0.15) is 5.75 Å². The molecule has 0 bridgehead atoms. The molecule has 2 rings (SSSR count). The molecule has 3 heteroatoms. The minimum Gasteiger partial charge on any atom is -0.481 e. The molecule has 0 aliphatic carbocycles. The van der Waals surface area contributed by atoms with E-state index in [0.29, 0.717) is 0 Å². The highest BCUT2D eigenvalue weighted by Crippen LogP contribution is 2.38. The molecule has 3 nitrogen and oxygen atoms in total. The van der Waals surface area contributed by atoms with Crippen LogP contribution in [0.1, 0.15) is 72.4 Å². The second kappa shape index (κ2) is 8.81. The van der Waals surface area contributed by atoms with Crippen molar-refractivity contribution in [3.8, 4) is 5.75 Å². The summed E-state index contributed by atoms with van der Waals surface area (Å²) in [5.74, 6) is 0.641. The largest absolute Gasteiger partial charge is 0.481 e. The highest BCUT2D eigenvalue weighted by Gasteiger charge is 2.28. The summed E-state index contributed by atoms with van der Waals surface area (Å²) in [5, 5.41) is 2.91. The Labute approximate surface area is 170 Å². The summed E-state index contributed by atoms with van der Waals surface area (Å²) in [7, 11) is 0. The molecule has 0 spiro atoms. The second-order valence-electron chi connectivity index (χ2n) is 8.80. The molecule has 1 unspecified atom stereocenters. The quantitative estimate of drug-likeness (QED) is 0.569. The standard InChI is InChI=1S/C25H35NO2/c1-8-24(4,5)19-15-16-22(21(17-19)25(6,7)9-2)28-18(3)23(27)26-20-13-11-10-12-14-20/h10-18H,8-9H2,1-7H3,(H,26,27).